The van der Waals surface area contributed by atoms with Crippen molar-refractivity contribution in [1.29, 1.82) is 5.41 Å². The molecule has 0 bridgehead atoms. The Morgan fingerprint density at radius 3 is 2.79 bits per heavy atom. The standard InChI is InChI=1S/C21H26N6S/c1-13-6-5-9-24-17(13)12-25-15-11-19(27-21(2,3)4)26-16-10-18(28-20(15)16)14(23)7-8-22/h5-11,22H,12,23H2,1-4H3,(H2,25,26,27)/b14-7-,22-8?. The Labute approximate surface area is 169 Å². The summed E-state index contributed by atoms with van der Waals surface area (Å²) in [5, 5.41) is 14.2. The molecular formula is C21H26N6S. The van der Waals surface area contributed by atoms with Crippen LogP contribution in [0.3, 0.4) is 0 Å². The summed E-state index contributed by atoms with van der Waals surface area (Å²) in [6.45, 7) is 9.00. The Morgan fingerprint density at radius 1 is 1.32 bits per heavy atom. The van der Waals surface area contributed by atoms with Gasteiger partial charge in [-0.1, -0.05) is 6.07 Å². The molecule has 3 aromatic heterocycles. The molecule has 0 saturated carbocycles. The fourth-order valence-corrected chi connectivity index (χ4v) is 3.82. The zero-order valence-electron chi connectivity index (χ0n) is 16.6. The normalized spacial score (nSPS) is 12.2. The molecule has 146 valence electrons. The number of thiophene rings is 1. The molecule has 3 heterocycles. The van der Waals surface area contributed by atoms with E-state index >= 15 is 0 Å². The van der Waals surface area contributed by atoms with Crippen LogP contribution in [0.2, 0.25) is 0 Å². The minimum Gasteiger partial charge on any atom is -0.398 e. The van der Waals surface area contributed by atoms with E-state index in [0.29, 0.717) is 12.2 Å². The van der Waals surface area contributed by atoms with Crippen LogP contribution in [-0.4, -0.2) is 21.7 Å². The Kier molecular flexibility index (Phi) is 5.65. The van der Waals surface area contributed by atoms with Crippen LogP contribution in [0.1, 0.15) is 36.9 Å². The van der Waals surface area contributed by atoms with Gasteiger partial charge in [0.05, 0.1) is 38.7 Å². The van der Waals surface area contributed by atoms with Crippen LogP contribution in [0.25, 0.3) is 15.9 Å². The van der Waals surface area contributed by atoms with Gasteiger partial charge in [0.15, 0.2) is 0 Å². The lowest BCUT2D eigenvalue weighted by molar-refractivity contribution is 0.631. The van der Waals surface area contributed by atoms with E-state index < -0.39 is 0 Å². The van der Waals surface area contributed by atoms with Crippen molar-refractivity contribution in [2.75, 3.05) is 10.6 Å². The third kappa shape index (κ3) is 4.67. The van der Waals surface area contributed by atoms with Gasteiger partial charge >= 0.3 is 0 Å². The van der Waals surface area contributed by atoms with Gasteiger partial charge in [0, 0.05) is 24.0 Å². The summed E-state index contributed by atoms with van der Waals surface area (Å²) in [4.78, 5) is 10.1. The van der Waals surface area contributed by atoms with Crippen molar-refractivity contribution in [3.63, 3.8) is 0 Å². The third-order valence-corrected chi connectivity index (χ3v) is 5.30. The average molecular weight is 395 g/mol. The van der Waals surface area contributed by atoms with E-state index in [9.17, 15) is 0 Å². The maximum absolute atomic E-state index is 7.25. The van der Waals surface area contributed by atoms with Crippen LogP contribution >= 0.6 is 11.3 Å². The second kappa shape index (κ2) is 7.98. The molecule has 3 aromatic rings. The monoisotopic (exact) mass is 394 g/mol. The highest BCUT2D eigenvalue weighted by atomic mass is 32.1. The van der Waals surface area contributed by atoms with Crippen molar-refractivity contribution >= 4 is 45.0 Å². The average Bonchev–Trinajstić information content (AvgIpc) is 3.04. The number of rotatable bonds is 6. The number of nitrogens with two attached hydrogens (primary N) is 1. The van der Waals surface area contributed by atoms with Crippen molar-refractivity contribution in [3.05, 3.63) is 52.7 Å². The van der Waals surface area contributed by atoms with Gasteiger partial charge in [0.25, 0.3) is 0 Å². The van der Waals surface area contributed by atoms with Crippen molar-refractivity contribution < 1.29 is 0 Å². The molecule has 0 aliphatic rings. The minimum atomic E-state index is -0.104. The fraction of sp³-hybridized carbons (Fsp3) is 0.286. The second-order valence-corrected chi connectivity index (χ2v) is 8.72. The van der Waals surface area contributed by atoms with Crippen LogP contribution < -0.4 is 16.4 Å². The number of nitrogens with one attached hydrogen (secondary N) is 3. The lowest BCUT2D eigenvalue weighted by Crippen LogP contribution is -2.26. The van der Waals surface area contributed by atoms with Crippen LogP contribution in [-0.2, 0) is 6.54 Å². The van der Waals surface area contributed by atoms with Crippen LogP contribution in [0.15, 0.2) is 36.5 Å². The Bertz CT molecular complexity index is 1030. The van der Waals surface area contributed by atoms with Gasteiger partial charge in [-0.15, -0.1) is 11.3 Å². The number of nitrogens with zero attached hydrogens (tertiary/aromatic N) is 2. The molecule has 0 aliphatic heterocycles. The van der Waals surface area contributed by atoms with E-state index in [4.69, 9.17) is 16.1 Å². The van der Waals surface area contributed by atoms with Crippen LogP contribution in [0.5, 0.6) is 0 Å². The number of allylic oxidation sites excluding steroid dienone is 1. The first kappa shape index (κ1) is 19.8. The first-order valence-corrected chi connectivity index (χ1v) is 9.92. The molecule has 0 aliphatic carbocycles. The number of aromatic nitrogens is 2. The number of pyridine rings is 2. The van der Waals surface area contributed by atoms with Gasteiger partial charge in [-0.3, -0.25) is 4.98 Å². The lowest BCUT2D eigenvalue weighted by atomic mass is 10.1. The quantitative estimate of drug-likeness (QED) is 0.451. The molecule has 0 radical (unpaired) electrons. The van der Waals surface area contributed by atoms with E-state index in [-0.39, 0.29) is 5.54 Å². The third-order valence-electron chi connectivity index (χ3n) is 4.09. The van der Waals surface area contributed by atoms with Gasteiger partial charge in [-0.25, -0.2) is 4.98 Å². The topological polar surface area (TPSA) is 99.7 Å². The van der Waals surface area contributed by atoms with E-state index in [0.717, 1.165) is 37.9 Å². The van der Waals surface area contributed by atoms with Gasteiger partial charge in [0.2, 0.25) is 0 Å². The molecule has 0 aromatic carbocycles. The molecular weight excluding hydrogens is 368 g/mol. The summed E-state index contributed by atoms with van der Waals surface area (Å²) < 4.78 is 1.03. The lowest BCUT2D eigenvalue weighted by Gasteiger charge is -2.22. The summed E-state index contributed by atoms with van der Waals surface area (Å²) in [6.07, 6.45) is 4.59. The van der Waals surface area contributed by atoms with Gasteiger partial charge < -0.3 is 21.8 Å². The number of anilines is 2. The molecule has 28 heavy (non-hydrogen) atoms. The zero-order chi connectivity index (χ0) is 20.3. The molecule has 5 N–H and O–H groups in total. The van der Waals surface area contributed by atoms with Crippen molar-refractivity contribution in [3.8, 4) is 0 Å². The highest BCUT2D eigenvalue weighted by Gasteiger charge is 2.15. The molecule has 6 nitrogen and oxygen atoms in total. The van der Waals surface area contributed by atoms with Crippen molar-refractivity contribution in [1.82, 2.24) is 9.97 Å². The minimum absolute atomic E-state index is 0.104. The first-order chi connectivity index (χ1) is 13.3. The molecule has 0 fully saturated rings. The Balaban J connectivity index is 2.02. The molecule has 0 atom stereocenters. The molecule has 0 saturated heterocycles. The van der Waals surface area contributed by atoms with Crippen LogP contribution in [0.4, 0.5) is 11.5 Å². The number of fused-ring (bicyclic) bond motifs is 1. The summed E-state index contributed by atoms with van der Waals surface area (Å²) in [5.41, 5.74) is 10.6. The van der Waals surface area contributed by atoms with Crippen LogP contribution in [0, 0.1) is 12.3 Å². The second-order valence-electron chi connectivity index (χ2n) is 7.66. The smallest absolute Gasteiger partial charge is 0.129 e. The van der Waals surface area contributed by atoms with E-state index in [1.807, 2.05) is 24.4 Å². The number of hydrogen-bond donors (Lipinski definition) is 4. The summed E-state index contributed by atoms with van der Waals surface area (Å²) in [5.74, 6) is 0.805. The molecule has 0 unspecified atom stereocenters. The maximum atomic E-state index is 7.25. The fourth-order valence-electron chi connectivity index (χ4n) is 2.80. The van der Waals surface area contributed by atoms with E-state index in [1.165, 1.54) is 6.21 Å². The Hall–Kier alpha value is -2.93. The predicted octanol–water partition coefficient (Wildman–Crippen LogP) is 4.77. The van der Waals surface area contributed by atoms with Gasteiger partial charge in [-0.2, -0.15) is 0 Å². The Morgan fingerprint density at radius 2 is 2.11 bits per heavy atom. The number of aryl methyl sites for hydroxylation is 1. The highest BCUT2D eigenvalue weighted by molar-refractivity contribution is 7.20. The largest absolute Gasteiger partial charge is 0.398 e. The van der Waals surface area contributed by atoms with Gasteiger partial charge in [-0.05, 0) is 51.5 Å². The zero-order valence-corrected chi connectivity index (χ0v) is 17.4. The van der Waals surface area contributed by atoms with Gasteiger partial charge in [0.1, 0.15) is 5.82 Å². The predicted molar refractivity (Wildman–Crippen MR) is 120 cm³/mol. The molecule has 7 heteroatoms. The number of hydrogen-bond acceptors (Lipinski definition) is 7. The van der Waals surface area contributed by atoms with Crippen molar-refractivity contribution in [2.24, 2.45) is 5.73 Å². The van der Waals surface area contributed by atoms with E-state index in [1.54, 1.807) is 17.4 Å². The van der Waals surface area contributed by atoms with Crippen molar-refractivity contribution in [2.45, 2.75) is 39.8 Å². The molecule has 0 amide bonds. The summed E-state index contributed by atoms with van der Waals surface area (Å²) in [6, 6.07) is 8.01. The highest BCUT2D eigenvalue weighted by Crippen LogP contribution is 2.35. The molecule has 0 spiro atoms. The summed E-state index contributed by atoms with van der Waals surface area (Å²) >= 11 is 1.57. The first-order valence-electron chi connectivity index (χ1n) is 9.10. The summed E-state index contributed by atoms with van der Waals surface area (Å²) in [7, 11) is 0. The molecule has 3 rings (SSSR count). The SMILES string of the molecule is Cc1cccnc1CNc1cc(NC(C)(C)C)nc2cc(/C(N)=C/C=N)sc12. The maximum Gasteiger partial charge on any atom is 0.129 e. The van der Waals surface area contributed by atoms with E-state index in [2.05, 4.69) is 49.4 Å².